The highest BCUT2D eigenvalue weighted by Crippen LogP contribution is 2.13. The van der Waals surface area contributed by atoms with E-state index in [0.717, 1.165) is 24.3 Å². The maximum absolute atomic E-state index is 11.9. The van der Waals surface area contributed by atoms with E-state index in [1.165, 1.54) is 11.1 Å². The summed E-state index contributed by atoms with van der Waals surface area (Å²) in [6.07, 6.45) is 3.20. The van der Waals surface area contributed by atoms with Gasteiger partial charge in [-0.2, -0.15) is 0 Å². The van der Waals surface area contributed by atoms with Gasteiger partial charge in [-0.3, -0.25) is 4.79 Å². The van der Waals surface area contributed by atoms with Gasteiger partial charge in [0.15, 0.2) is 0 Å². The highest BCUT2D eigenvalue weighted by molar-refractivity contribution is 5.90. The van der Waals surface area contributed by atoms with Gasteiger partial charge in [0.1, 0.15) is 5.75 Å². The number of carbonyl (C=O) groups is 1. The van der Waals surface area contributed by atoms with Gasteiger partial charge in [0.25, 0.3) is 0 Å². The Morgan fingerprint density at radius 2 is 1.48 bits per heavy atom. The zero-order valence-electron chi connectivity index (χ0n) is 14.0. The number of carbonyl (C=O) groups excluding carboxylic acids is 1. The van der Waals surface area contributed by atoms with Gasteiger partial charge in [0.2, 0.25) is 5.91 Å². The fraction of sp³-hybridized carbons (Fsp3) is 0.350. The number of amides is 1. The minimum atomic E-state index is 0.0270. The van der Waals surface area contributed by atoms with Crippen molar-refractivity contribution in [2.75, 3.05) is 11.9 Å². The zero-order valence-corrected chi connectivity index (χ0v) is 14.0. The smallest absolute Gasteiger partial charge is 0.224 e. The van der Waals surface area contributed by atoms with Crippen molar-refractivity contribution in [2.45, 2.75) is 39.5 Å². The lowest BCUT2D eigenvalue weighted by atomic mass is 10.1. The molecule has 0 bridgehead atoms. The molecule has 0 heterocycles. The van der Waals surface area contributed by atoms with Crippen molar-refractivity contribution in [1.29, 1.82) is 0 Å². The number of ether oxygens (including phenoxy) is 1. The minimum absolute atomic E-state index is 0.0270. The average molecular weight is 311 g/mol. The molecule has 3 nitrogen and oxygen atoms in total. The van der Waals surface area contributed by atoms with E-state index < -0.39 is 0 Å². The van der Waals surface area contributed by atoms with Gasteiger partial charge < -0.3 is 10.1 Å². The zero-order chi connectivity index (χ0) is 16.5. The lowest BCUT2D eigenvalue weighted by molar-refractivity contribution is -0.116. The Labute approximate surface area is 138 Å². The van der Waals surface area contributed by atoms with Crippen molar-refractivity contribution >= 4 is 11.6 Å². The summed E-state index contributed by atoms with van der Waals surface area (Å²) in [5, 5.41) is 2.91. The van der Waals surface area contributed by atoms with Gasteiger partial charge in [-0.1, -0.05) is 38.1 Å². The number of anilines is 1. The summed E-state index contributed by atoms with van der Waals surface area (Å²) in [6, 6.07) is 16.1. The maximum Gasteiger partial charge on any atom is 0.224 e. The summed E-state index contributed by atoms with van der Waals surface area (Å²) in [5.74, 6) is 0.886. The van der Waals surface area contributed by atoms with Crippen LogP contribution in [-0.4, -0.2) is 12.5 Å². The summed E-state index contributed by atoms with van der Waals surface area (Å²) in [6.45, 7) is 4.79. The van der Waals surface area contributed by atoms with E-state index in [9.17, 15) is 4.79 Å². The van der Waals surface area contributed by atoms with Crippen LogP contribution in [0.2, 0.25) is 0 Å². The molecule has 1 N–H and O–H groups in total. The summed E-state index contributed by atoms with van der Waals surface area (Å²) in [4.78, 5) is 11.9. The van der Waals surface area contributed by atoms with E-state index in [0.29, 0.717) is 19.4 Å². The largest absolute Gasteiger partial charge is 0.494 e. The van der Waals surface area contributed by atoms with Gasteiger partial charge >= 0.3 is 0 Å². The van der Waals surface area contributed by atoms with Gasteiger partial charge in [-0.15, -0.1) is 0 Å². The second-order valence-corrected chi connectivity index (χ2v) is 5.55. The van der Waals surface area contributed by atoms with E-state index in [4.69, 9.17) is 4.74 Å². The molecule has 0 saturated heterocycles. The number of hydrogen-bond donors (Lipinski definition) is 1. The molecule has 0 aromatic heterocycles. The normalized spacial score (nSPS) is 10.3. The van der Waals surface area contributed by atoms with E-state index in [1.807, 2.05) is 36.4 Å². The average Bonchev–Trinajstić information content (AvgIpc) is 2.60. The molecule has 0 saturated carbocycles. The minimum Gasteiger partial charge on any atom is -0.494 e. The summed E-state index contributed by atoms with van der Waals surface area (Å²) in [7, 11) is 0. The number of hydrogen-bond acceptors (Lipinski definition) is 2. The second-order valence-electron chi connectivity index (χ2n) is 5.55. The molecule has 23 heavy (non-hydrogen) atoms. The predicted octanol–water partition coefficient (Wildman–Crippen LogP) is 4.61. The quantitative estimate of drug-likeness (QED) is 0.723. The topological polar surface area (TPSA) is 38.3 Å². The molecule has 0 aliphatic rings. The van der Waals surface area contributed by atoms with Gasteiger partial charge in [0, 0.05) is 12.1 Å². The third-order valence-electron chi connectivity index (χ3n) is 3.79. The lowest BCUT2D eigenvalue weighted by Crippen LogP contribution is -2.12. The maximum atomic E-state index is 11.9. The summed E-state index contributed by atoms with van der Waals surface area (Å²) >= 11 is 0. The number of rotatable bonds is 8. The monoisotopic (exact) mass is 311 g/mol. The first-order valence-electron chi connectivity index (χ1n) is 8.31. The Hall–Kier alpha value is -2.29. The Morgan fingerprint density at radius 3 is 2.04 bits per heavy atom. The van der Waals surface area contributed by atoms with E-state index in [1.54, 1.807) is 0 Å². The Bertz CT molecular complexity index is 603. The molecule has 0 fully saturated rings. The standard InChI is InChI=1S/C20H25NO2/c1-3-16-7-11-18(12-8-16)21-20(22)6-5-15-23-19-13-9-17(4-2)10-14-19/h7-14H,3-6,15H2,1-2H3,(H,21,22). The van der Waals surface area contributed by atoms with Crippen molar-refractivity contribution < 1.29 is 9.53 Å². The first-order valence-corrected chi connectivity index (χ1v) is 8.31. The Kier molecular flexibility index (Phi) is 6.67. The lowest BCUT2D eigenvalue weighted by Gasteiger charge is -2.08. The number of aryl methyl sites for hydroxylation is 2. The summed E-state index contributed by atoms with van der Waals surface area (Å²) < 4.78 is 5.66. The molecule has 2 aromatic carbocycles. The van der Waals surface area contributed by atoms with Crippen LogP contribution in [0.4, 0.5) is 5.69 Å². The van der Waals surface area contributed by atoms with Crippen LogP contribution in [0, 0.1) is 0 Å². The molecule has 122 valence electrons. The fourth-order valence-electron chi connectivity index (χ4n) is 2.29. The van der Waals surface area contributed by atoms with Gasteiger partial charge in [-0.25, -0.2) is 0 Å². The van der Waals surface area contributed by atoms with Crippen molar-refractivity contribution in [3.8, 4) is 5.75 Å². The first-order chi connectivity index (χ1) is 11.2. The van der Waals surface area contributed by atoms with Crippen LogP contribution in [0.5, 0.6) is 5.75 Å². The van der Waals surface area contributed by atoms with E-state index >= 15 is 0 Å². The van der Waals surface area contributed by atoms with Gasteiger partial charge in [-0.05, 0) is 54.7 Å². The number of nitrogens with one attached hydrogen (secondary N) is 1. The molecule has 3 heteroatoms. The third kappa shape index (κ3) is 5.78. The highest BCUT2D eigenvalue weighted by atomic mass is 16.5. The number of benzene rings is 2. The first kappa shape index (κ1) is 17.1. The SMILES string of the molecule is CCc1ccc(NC(=O)CCCOc2ccc(CC)cc2)cc1. The predicted molar refractivity (Wildman–Crippen MR) is 95.0 cm³/mol. The van der Waals surface area contributed by atoms with Crippen molar-refractivity contribution in [1.82, 2.24) is 0 Å². The van der Waals surface area contributed by atoms with Crippen LogP contribution in [0.15, 0.2) is 48.5 Å². The van der Waals surface area contributed by atoms with Crippen LogP contribution in [0.3, 0.4) is 0 Å². The molecule has 0 radical (unpaired) electrons. The van der Waals surface area contributed by atoms with E-state index in [2.05, 4.69) is 31.3 Å². The molecule has 2 rings (SSSR count). The molecule has 2 aromatic rings. The van der Waals surface area contributed by atoms with Crippen LogP contribution in [0.1, 0.15) is 37.8 Å². The molecule has 0 aliphatic carbocycles. The Balaban J connectivity index is 1.67. The van der Waals surface area contributed by atoms with Crippen molar-refractivity contribution in [2.24, 2.45) is 0 Å². The molecular formula is C20H25NO2. The van der Waals surface area contributed by atoms with Crippen LogP contribution < -0.4 is 10.1 Å². The fourth-order valence-corrected chi connectivity index (χ4v) is 2.29. The van der Waals surface area contributed by atoms with Crippen molar-refractivity contribution in [3.63, 3.8) is 0 Å². The van der Waals surface area contributed by atoms with Crippen LogP contribution >= 0.6 is 0 Å². The molecule has 0 aliphatic heterocycles. The molecule has 0 unspecified atom stereocenters. The Morgan fingerprint density at radius 1 is 0.913 bits per heavy atom. The van der Waals surface area contributed by atoms with Crippen molar-refractivity contribution in [3.05, 3.63) is 59.7 Å². The molecule has 0 spiro atoms. The second kappa shape index (κ2) is 8.99. The molecule has 1 amide bonds. The van der Waals surface area contributed by atoms with Crippen LogP contribution in [-0.2, 0) is 17.6 Å². The molecular weight excluding hydrogens is 286 g/mol. The third-order valence-corrected chi connectivity index (χ3v) is 3.79. The van der Waals surface area contributed by atoms with Crippen LogP contribution in [0.25, 0.3) is 0 Å². The summed E-state index contributed by atoms with van der Waals surface area (Å²) in [5.41, 5.74) is 3.42. The van der Waals surface area contributed by atoms with E-state index in [-0.39, 0.29) is 5.91 Å². The molecule has 0 atom stereocenters. The highest BCUT2D eigenvalue weighted by Gasteiger charge is 2.03. The van der Waals surface area contributed by atoms with Gasteiger partial charge in [0.05, 0.1) is 6.61 Å².